The Kier molecular flexibility index (Phi) is 7.15. The van der Waals surface area contributed by atoms with Crippen molar-refractivity contribution in [2.24, 2.45) is 5.92 Å². The minimum absolute atomic E-state index is 0.0964. The Bertz CT molecular complexity index is 697. The summed E-state index contributed by atoms with van der Waals surface area (Å²) in [4.78, 5) is 37.8. The lowest BCUT2D eigenvalue weighted by atomic mass is 9.96. The summed E-state index contributed by atoms with van der Waals surface area (Å²) in [5.41, 5.74) is 0.730. The van der Waals surface area contributed by atoms with Crippen LogP contribution < -0.4 is 10.6 Å². The number of nitrogens with one attached hydrogen (secondary N) is 2. The third-order valence-electron chi connectivity index (χ3n) is 4.22. The lowest BCUT2D eigenvalue weighted by Crippen LogP contribution is -2.47. The molecule has 0 aliphatic carbocycles. The largest absolute Gasteiger partial charge is 0.347 e. The second-order valence-electron chi connectivity index (χ2n) is 6.18. The van der Waals surface area contributed by atoms with Gasteiger partial charge in [-0.25, -0.2) is 4.39 Å². The molecule has 1 saturated heterocycles. The average molecular weight is 359 g/mol. The normalized spacial score (nSPS) is 16.5. The molecule has 1 aliphatic rings. The molecular formula is C19H22FN3O3. The van der Waals surface area contributed by atoms with E-state index in [9.17, 15) is 18.8 Å². The van der Waals surface area contributed by atoms with Gasteiger partial charge in [-0.3, -0.25) is 14.4 Å². The van der Waals surface area contributed by atoms with Crippen molar-refractivity contribution in [2.75, 3.05) is 26.2 Å². The van der Waals surface area contributed by atoms with Crippen LogP contribution in [0.15, 0.2) is 24.3 Å². The van der Waals surface area contributed by atoms with Gasteiger partial charge >= 0.3 is 0 Å². The van der Waals surface area contributed by atoms with E-state index in [1.807, 2.05) is 0 Å². The van der Waals surface area contributed by atoms with E-state index in [1.54, 1.807) is 17.0 Å². The summed E-state index contributed by atoms with van der Waals surface area (Å²) in [6.07, 6.45) is 6.60. The van der Waals surface area contributed by atoms with E-state index < -0.39 is 0 Å². The van der Waals surface area contributed by atoms with Crippen LogP contribution in [-0.2, 0) is 20.8 Å². The molecule has 3 amide bonds. The maximum Gasteiger partial charge on any atom is 0.240 e. The van der Waals surface area contributed by atoms with E-state index >= 15 is 0 Å². The molecule has 138 valence electrons. The molecule has 6 nitrogen and oxygen atoms in total. The molecule has 1 atom stereocenters. The molecule has 0 saturated carbocycles. The first-order valence-electron chi connectivity index (χ1n) is 8.49. The standard InChI is InChI=1S/C19H22FN3O3/c1-2-9-21-17(24)12-22-19(26)15-4-3-10-23(13-15)18(25)11-14-5-7-16(20)8-6-14/h1,5-8,15H,3-4,9-13H2,(H,21,24)(H,22,26). The second kappa shape index (κ2) is 9.56. The second-order valence-corrected chi connectivity index (χ2v) is 6.18. The molecule has 0 spiro atoms. The first kappa shape index (κ1) is 19.4. The minimum Gasteiger partial charge on any atom is -0.347 e. The highest BCUT2D eigenvalue weighted by molar-refractivity contribution is 5.86. The number of terminal acetylenes is 1. The molecule has 1 fully saturated rings. The zero-order valence-electron chi connectivity index (χ0n) is 14.5. The van der Waals surface area contributed by atoms with Crippen molar-refractivity contribution >= 4 is 17.7 Å². The van der Waals surface area contributed by atoms with Crippen molar-refractivity contribution in [3.05, 3.63) is 35.6 Å². The zero-order valence-corrected chi connectivity index (χ0v) is 14.5. The van der Waals surface area contributed by atoms with Crippen molar-refractivity contribution in [1.29, 1.82) is 0 Å². The number of carbonyl (C=O) groups is 3. The minimum atomic E-state index is -0.351. The smallest absolute Gasteiger partial charge is 0.240 e. The van der Waals surface area contributed by atoms with Gasteiger partial charge in [0.2, 0.25) is 17.7 Å². The Morgan fingerprint density at radius 3 is 2.65 bits per heavy atom. The van der Waals surface area contributed by atoms with Gasteiger partial charge < -0.3 is 15.5 Å². The van der Waals surface area contributed by atoms with Gasteiger partial charge in [-0.05, 0) is 30.5 Å². The molecule has 1 aromatic carbocycles. The summed E-state index contributed by atoms with van der Waals surface area (Å²) in [6.45, 7) is 0.884. The Hall–Kier alpha value is -2.88. The molecule has 1 aliphatic heterocycles. The van der Waals surface area contributed by atoms with Crippen molar-refractivity contribution in [2.45, 2.75) is 19.3 Å². The van der Waals surface area contributed by atoms with Gasteiger partial charge in [0.1, 0.15) is 5.82 Å². The molecule has 0 bridgehead atoms. The fourth-order valence-corrected chi connectivity index (χ4v) is 2.83. The van der Waals surface area contributed by atoms with Crippen LogP contribution in [0.4, 0.5) is 4.39 Å². The highest BCUT2D eigenvalue weighted by Crippen LogP contribution is 2.18. The van der Waals surface area contributed by atoms with Crippen LogP contribution in [0.2, 0.25) is 0 Å². The van der Waals surface area contributed by atoms with E-state index in [4.69, 9.17) is 6.42 Å². The molecule has 0 aromatic heterocycles. The Balaban J connectivity index is 1.82. The molecule has 2 rings (SSSR count). The number of hydrogen-bond donors (Lipinski definition) is 2. The average Bonchev–Trinajstić information content (AvgIpc) is 2.66. The monoisotopic (exact) mass is 359 g/mol. The van der Waals surface area contributed by atoms with Crippen LogP contribution >= 0.6 is 0 Å². The van der Waals surface area contributed by atoms with E-state index in [0.717, 1.165) is 12.0 Å². The predicted octanol–water partition coefficient (Wildman–Crippen LogP) is 0.472. The van der Waals surface area contributed by atoms with Gasteiger partial charge in [-0.2, -0.15) is 0 Å². The Labute approximate surface area is 152 Å². The maximum atomic E-state index is 12.9. The molecular weight excluding hydrogens is 337 g/mol. The third kappa shape index (κ3) is 5.88. The summed E-state index contributed by atoms with van der Waals surface area (Å²) in [5, 5.41) is 5.05. The van der Waals surface area contributed by atoms with Crippen LogP contribution in [0.5, 0.6) is 0 Å². The fourth-order valence-electron chi connectivity index (χ4n) is 2.83. The quantitative estimate of drug-likeness (QED) is 0.725. The van der Waals surface area contributed by atoms with Crippen LogP contribution in [0.1, 0.15) is 18.4 Å². The summed E-state index contributed by atoms with van der Waals surface area (Å²) in [6, 6.07) is 5.80. The van der Waals surface area contributed by atoms with Gasteiger partial charge in [-0.15, -0.1) is 6.42 Å². The highest BCUT2D eigenvalue weighted by Gasteiger charge is 2.28. The number of halogens is 1. The van der Waals surface area contributed by atoms with Gasteiger partial charge in [0.15, 0.2) is 0 Å². The lowest BCUT2D eigenvalue weighted by molar-refractivity contribution is -0.136. The number of likely N-dealkylation sites (tertiary alicyclic amines) is 1. The fraction of sp³-hybridized carbons (Fsp3) is 0.421. The number of benzene rings is 1. The summed E-state index contributed by atoms with van der Waals surface area (Å²) >= 11 is 0. The van der Waals surface area contributed by atoms with E-state index in [-0.39, 0.29) is 49.0 Å². The number of nitrogens with zero attached hydrogens (tertiary/aromatic N) is 1. The van der Waals surface area contributed by atoms with Gasteiger partial charge in [0.05, 0.1) is 25.4 Å². The van der Waals surface area contributed by atoms with Crippen LogP contribution in [0.25, 0.3) is 0 Å². The molecule has 26 heavy (non-hydrogen) atoms. The van der Waals surface area contributed by atoms with Gasteiger partial charge in [0.25, 0.3) is 0 Å². The molecule has 0 radical (unpaired) electrons. The zero-order chi connectivity index (χ0) is 18.9. The molecule has 1 aromatic rings. The summed E-state index contributed by atoms with van der Waals surface area (Å²) in [7, 11) is 0. The van der Waals surface area contributed by atoms with Crippen molar-refractivity contribution in [3.8, 4) is 12.3 Å². The molecule has 1 unspecified atom stereocenters. The predicted molar refractivity (Wildman–Crippen MR) is 94.3 cm³/mol. The first-order chi connectivity index (χ1) is 12.5. The van der Waals surface area contributed by atoms with E-state index in [1.165, 1.54) is 12.1 Å². The van der Waals surface area contributed by atoms with Crippen LogP contribution in [0.3, 0.4) is 0 Å². The highest BCUT2D eigenvalue weighted by atomic mass is 19.1. The maximum absolute atomic E-state index is 12.9. The summed E-state index contributed by atoms with van der Waals surface area (Å²) in [5.74, 6) is 0.893. The molecule has 2 N–H and O–H groups in total. The molecule has 1 heterocycles. The van der Waals surface area contributed by atoms with Crippen molar-refractivity contribution in [3.63, 3.8) is 0 Å². The number of amides is 3. The lowest BCUT2D eigenvalue weighted by Gasteiger charge is -2.32. The molecule has 7 heteroatoms. The van der Waals surface area contributed by atoms with E-state index in [2.05, 4.69) is 16.6 Å². The number of rotatable bonds is 6. The van der Waals surface area contributed by atoms with Crippen LogP contribution in [0, 0.1) is 24.1 Å². The number of carbonyl (C=O) groups excluding carboxylic acids is 3. The van der Waals surface area contributed by atoms with E-state index in [0.29, 0.717) is 19.5 Å². The summed E-state index contributed by atoms with van der Waals surface area (Å²) < 4.78 is 12.9. The third-order valence-corrected chi connectivity index (χ3v) is 4.22. The van der Waals surface area contributed by atoms with Gasteiger partial charge in [0, 0.05) is 13.1 Å². The number of hydrogen-bond acceptors (Lipinski definition) is 3. The topological polar surface area (TPSA) is 78.5 Å². The Morgan fingerprint density at radius 2 is 1.96 bits per heavy atom. The van der Waals surface area contributed by atoms with Gasteiger partial charge in [-0.1, -0.05) is 18.1 Å². The van der Waals surface area contributed by atoms with Crippen molar-refractivity contribution < 1.29 is 18.8 Å². The Morgan fingerprint density at radius 1 is 1.23 bits per heavy atom. The van der Waals surface area contributed by atoms with Crippen molar-refractivity contribution in [1.82, 2.24) is 15.5 Å². The first-order valence-corrected chi connectivity index (χ1v) is 8.49. The van der Waals surface area contributed by atoms with Crippen LogP contribution in [-0.4, -0.2) is 48.8 Å². The number of piperidine rings is 1. The SMILES string of the molecule is C#CCNC(=O)CNC(=O)C1CCCN(C(=O)Cc2ccc(F)cc2)C1.